The third-order valence-corrected chi connectivity index (χ3v) is 4.81. The Labute approximate surface area is 133 Å². The van der Waals surface area contributed by atoms with Crippen LogP contribution in [0.25, 0.3) is 0 Å². The summed E-state index contributed by atoms with van der Waals surface area (Å²) in [6.45, 7) is 0.407. The molecule has 8 heteroatoms. The zero-order valence-corrected chi connectivity index (χ0v) is 13.6. The number of hydrogen-bond acceptors (Lipinski definition) is 6. The molecule has 2 rings (SSSR count). The first-order valence-corrected chi connectivity index (χ1v) is 8.44. The molecule has 7 nitrogen and oxygen atoms in total. The molecule has 122 valence electrons. The molecule has 1 aliphatic rings. The van der Waals surface area contributed by atoms with Gasteiger partial charge in [0.25, 0.3) is 0 Å². The van der Waals surface area contributed by atoms with E-state index in [2.05, 4.69) is 10.2 Å². The summed E-state index contributed by atoms with van der Waals surface area (Å²) in [7, 11) is 1.84. The second-order valence-corrected chi connectivity index (χ2v) is 6.39. The van der Waals surface area contributed by atoms with Crippen molar-refractivity contribution in [2.24, 2.45) is 0 Å². The Morgan fingerprint density at radius 2 is 2.09 bits per heavy atom. The van der Waals surface area contributed by atoms with E-state index in [1.807, 2.05) is 11.9 Å². The van der Waals surface area contributed by atoms with Gasteiger partial charge >= 0.3 is 5.97 Å². The van der Waals surface area contributed by atoms with E-state index in [-0.39, 0.29) is 25.4 Å². The summed E-state index contributed by atoms with van der Waals surface area (Å²) in [6.07, 6.45) is 5.66. The highest BCUT2D eigenvalue weighted by molar-refractivity contribution is 7.13. The number of aromatic nitrogens is 2. The van der Waals surface area contributed by atoms with Crippen molar-refractivity contribution in [3.05, 3.63) is 5.51 Å². The number of carboxylic acids is 1. The highest BCUT2D eigenvalue weighted by Gasteiger charge is 2.24. The lowest BCUT2D eigenvalue weighted by molar-refractivity contribution is -0.137. The predicted molar refractivity (Wildman–Crippen MR) is 84.0 cm³/mol. The zero-order valence-electron chi connectivity index (χ0n) is 12.8. The van der Waals surface area contributed by atoms with Gasteiger partial charge in [-0.3, -0.25) is 9.59 Å². The Bertz CT molecular complexity index is 488. The number of anilines is 1. The molecule has 1 aromatic heterocycles. The van der Waals surface area contributed by atoms with Crippen molar-refractivity contribution in [1.82, 2.24) is 15.1 Å². The van der Waals surface area contributed by atoms with Crippen molar-refractivity contribution in [3.8, 4) is 0 Å². The van der Waals surface area contributed by atoms with Gasteiger partial charge in [0.1, 0.15) is 5.51 Å². The number of aliphatic carboxylic acids is 1. The van der Waals surface area contributed by atoms with E-state index in [9.17, 15) is 9.59 Å². The molecule has 1 saturated carbocycles. The lowest BCUT2D eigenvalue weighted by atomic mass is 9.94. The largest absolute Gasteiger partial charge is 0.481 e. The van der Waals surface area contributed by atoms with Gasteiger partial charge in [0, 0.05) is 19.6 Å². The lowest BCUT2D eigenvalue weighted by Gasteiger charge is -2.32. The first kappa shape index (κ1) is 16.7. The molecule has 0 aromatic carbocycles. The van der Waals surface area contributed by atoms with Gasteiger partial charge in [0.15, 0.2) is 0 Å². The summed E-state index contributed by atoms with van der Waals surface area (Å²) < 4.78 is 0. The van der Waals surface area contributed by atoms with E-state index in [4.69, 9.17) is 5.11 Å². The highest BCUT2D eigenvalue weighted by atomic mass is 32.1. The lowest BCUT2D eigenvalue weighted by Crippen LogP contribution is -2.44. The van der Waals surface area contributed by atoms with Crippen LogP contribution in [0.15, 0.2) is 5.51 Å². The van der Waals surface area contributed by atoms with Gasteiger partial charge in [-0.1, -0.05) is 30.6 Å². The van der Waals surface area contributed by atoms with Gasteiger partial charge in [-0.05, 0) is 12.8 Å². The van der Waals surface area contributed by atoms with Gasteiger partial charge in [0.05, 0.1) is 13.0 Å². The summed E-state index contributed by atoms with van der Waals surface area (Å²) in [5, 5.41) is 17.2. The summed E-state index contributed by atoms with van der Waals surface area (Å²) in [5.41, 5.74) is 1.58. The van der Waals surface area contributed by atoms with Crippen LogP contribution in [-0.2, 0) is 9.59 Å². The van der Waals surface area contributed by atoms with Crippen LogP contribution >= 0.6 is 11.3 Å². The maximum atomic E-state index is 12.5. The smallest absolute Gasteiger partial charge is 0.305 e. The van der Waals surface area contributed by atoms with Crippen LogP contribution in [-0.4, -0.2) is 58.3 Å². The first-order valence-electron chi connectivity index (χ1n) is 7.56. The monoisotopic (exact) mass is 326 g/mol. The third kappa shape index (κ3) is 4.66. The van der Waals surface area contributed by atoms with Gasteiger partial charge in [-0.25, -0.2) is 0 Å². The Morgan fingerprint density at radius 3 is 2.68 bits per heavy atom. The molecule has 1 aliphatic carbocycles. The first-order chi connectivity index (χ1) is 10.6. The normalized spacial score (nSPS) is 15.5. The predicted octanol–water partition coefficient (Wildman–Crippen LogP) is 1.61. The fourth-order valence-corrected chi connectivity index (χ4v) is 3.31. The average Bonchev–Trinajstić information content (AvgIpc) is 3.05. The average molecular weight is 326 g/mol. The van der Waals surface area contributed by atoms with Crippen molar-refractivity contribution in [1.29, 1.82) is 0 Å². The van der Waals surface area contributed by atoms with E-state index >= 15 is 0 Å². The third-order valence-electron chi connectivity index (χ3n) is 4.06. The topological polar surface area (TPSA) is 86.6 Å². The number of nitrogens with zero attached hydrogens (tertiary/aromatic N) is 4. The molecule has 22 heavy (non-hydrogen) atoms. The number of likely N-dealkylation sites (N-methyl/N-ethyl adjacent to an activating group) is 1. The number of carbonyl (C=O) groups is 2. The molecule has 1 aromatic rings. The zero-order chi connectivity index (χ0) is 15.9. The SMILES string of the molecule is CN(C(=O)CN(CCC(=O)O)c1nncs1)C1CCCCC1. The molecule has 0 radical (unpaired) electrons. The molecule has 1 heterocycles. The number of amides is 1. The van der Waals surface area contributed by atoms with E-state index < -0.39 is 5.97 Å². The molecule has 1 amide bonds. The maximum Gasteiger partial charge on any atom is 0.305 e. The number of hydrogen-bond donors (Lipinski definition) is 1. The Hall–Kier alpha value is -1.70. The highest BCUT2D eigenvalue weighted by Crippen LogP contribution is 2.22. The molecule has 0 atom stereocenters. The summed E-state index contributed by atoms with van der Waals surface area (Å²) in [5.74, 6) is -0.880. The van der Waals surface area contributed by atoms with E-state index in [1.54, 1.807) is 10.4 Å². The molecule has 1 N–H and O–H groups in total. The van der Waals surface area contributed by atoms with Crippen LogP contribution in [0.2, 0.25) is 0 Å². The Kier molecular flexibility index (Phi) is 6.11. The summed E-state index contributed by atoms with van der Waals surface area (Å²) in [4.78, 5) is 26.8. The molecule has 0 aliphatic heterocycles. The fraction of sp³-hybridized carbons (Fsp3) is 0.714. The van der Waals surface area contributed by atoms with Gasteiger partial charge in [0.2, 0.25) is 11.0 Å². The minimum atomic E-state index is -0.886. The van der Waals surface area contributed by atoms with Crippen molar-refractivity contribution < 1.29 is 14.7 Å². The molecular formula is C14H22N4O3S. The van der Waals surface area contributed by atoms with Gasteiger partial charge < -0.3 is 14.9 Å². The number of carbonyl (C=O) groups excluding carboxylic acids is 1. The number of rotatable bonds is 7. The fourth-order valence-electron chi connectivity index (χ4n) is 2.72. The van der Waals surface area contributed by atoms with Crippen molar-refractivity contribution in [2.75, 3.05) is 25.0 Å². The van der Waals surface area contributed by atoms with E-state index in [0.717, 1.165) is 12.8 Å². The van der Waals surface area contributed by atoms with E-state index in [1.165, 1.54) is 30.6 Å². The standard InChI is InChI=1S/C14H22N4O3S/c1-17(11-5-3-2-4-6-11)12(19)9-18(8-7-13(20)21)14-16-15-10-22-14/h10-11H,2-9H2,1H3,(H,20,21). The van der Waals surface area contributed by atoms with Crippen LogP contribution in [0.1, 0.15) is 38.5 Å². The summed E-state index contributed by atoms with van der Waals surface area (Å²) >= 11 is 1.31. The molecule has 0 bridgehead atoms. The van der Waals surface area contributed by atoms with Crippen LogP contribution in [0, 0.1) is 0 Å². The number of carboxylic acid groups (broad SMARTS) is 1. The Balaban J connectivity index is 1.96. The van der Waals surface area contributed by atoms with Crippen LogP contribution in [0.3, 0.4) is 0 Å². The Morgan fingerprint density at radius 1 is 1.36 bits per heavy atom. The van der Waals surface area contributed by atoms with Gasteiger partial charge in [-0.15, -0.1) is 10.2 Å². The molecule has 0 saturated heterocycles. The van der Waals surface area contributed by atoms with Crippen molar-refractivity contribution in [3.63, 3.8) is 0 Å². The molecule has 0 unspecified atom stereocenters. The molecule has 0 spiro atoms. The molecule has 1 fully saturated rings. The second-order valence-electron chi connectivity index (χ2n) is 5.58. The van der Waals surface area contributed by atoms with Crippen LogP contribution < -0.4 is 4.90 Å². The second kappa shape index (κ2) is 8.07. The molecular weight excluding hydrogens is 304 g/mol. The van der Waals surface area contributed by atoms with E-state index in [0.29, 0.717) is 11.2 Å². The minimum absolute atomic E-state index is 0.00693. The maximum absolute atomic E-state index is 12.5. The van der Waals surface area contributed by atoms with Crippen molar-refractivity contribution in [2.45, 2.75) is 44.6 Å². The van der Waals surface area contributed by atoms with Crippen molar-refractivity contribution >= 4 is 28.3 Å². The van der Waals surface area contributed by atoms with Crippen LogP contribution in [0.5, 0.6) is 0 Å². The van der Waals surface area contributed by atoms with Gasteiger partial charge in [-0.2, -0.15) is 0 Å². The summed E-state index contributed by atoms with van der Waals surface area (Å²) in [6, 6.07) is 0.303. The minimum Gasteiger partial charge on any atom is -0.481 e. The quantitative estimate of drug-likeness (QED) is 0.819. The van der Waals surface area contributed by atoms with Crippen LogP contribution in [0.4, 0.5) is 5.13 Å².